The van der Waals surface area contributed by atoms with E-state index in [1.54, 1.807) is 0 Å². The van der Waals surface area contributed by atoms with Gasteiger partial charge in [-0.2, -0.15) is 15.0 Å². The highest BCUT2D eigenvalue weighted by atomic mass is 35.5. The number of benzene rings is 1. The molecule has 3 heterocycles. The smallest absolute Gasteiger partial charge is 0.288 e. The Hall–Kier alpha value is -2.84. The lowest BCUT2D eigenvalue weighted by Crippen LogP contribution is -2.54. The fraction of sp³-hybridized carbons (Fsp3) is 0.526. The monoisotopic (exact) mass is 477 g/mol. The molecule has 0 radical (unpaired) electrons. The quantitative estimate of drug-likeness (QED) is 0.283. The predicted molar refractivity (Wildman–Crippen MR) is 127 cm³/mol. The van der Waals surface area contributed by atoms with Crippen molar-refractivity contribution in [3.05, 3.63) is 33.3 Å². The first kappa shape index (κ1) is 23.3. The third-order valence-corrected chi connectivity index (χ3v) is 5.91. The Morgan fingerprint density at radius 1 is 0.909 bits per heavy atom. The number of hydrogen-bond acceptors (Lipinski definition) is 12. The molecule has 13 nitrogen and oxygen atoms in total. The molecule has 1 aromatic carbocycles. The van der Waals surface area contributed by atoms with E-state index < -0.39 is 4.92 Å². The summed E-state index contributed by atoms with van der Waals surface area (Å²) in [6.45, 7) is 2.22. The molecule has 4 rings (SSSR count). The minimum atomic E-state index is -0.545. The molecule has 33 heavy (non-hydrogen) atoms. The second kappa shape index (κ2) is 9.57. The fourth-order valence-electron chi connectivity index (χ4n) is 4.24. The van der Waals surface area contributed by atoms with Crippen molar-refractivity contribution in [3.63, 3.8) is 0 Å². The highest BCUT2D eigenvalue weighted by Crippen LogP contribution is 2.29. The molecular formula is C19H28ClN11O2. The number of anilines is 4. The Morgan fingerprint density at radius 2 is 1.39 bits per heavy atom. The zero-order valence-electron chi connectivity index (χ0n) is 18.0. The number of nitrogens with two attached hydrogens (primary N) is 4. The van der Waals surface area contributed by atoms with Crippen molar-refractivity contribution in [1.82, 2.24) is 15.0 Å². The number of nitrogens with zero attached hydrogens (tertiary/aromatic N) is 6. The van der Waals surface area contributed by atoms with Gasteiger partial charge in [0.1, 0.15) is 5.02 Å². The number of aromatic nitrogens is 3. The van der Waals surface area contributed by atoms with Crippen molar-refractivity contribution in [2.45, 2.75) is 37.0 Å². The zero-order valence-corrected chi connectivity index (χ0v) is 18.7. The molecule has 0 bridgehead atoms. The van der Waals surface area contributed by atoms with Crippen LogP contribution in [0.1, 0.15) is 12.8 Å². The summed E-state index contributed by atoms with van der Waals surface area (Å²) in [7, 11) is 0. The number of piperidine rings is 2. The molecule has 4 unspecified atom stereocenters. The zero-order chi connectivity index (χ0) is 23.7. The summed E-state index contributed by atoms with van der Waals surface area (Å²) >= 11 is 6.05. The molecule has 1 aromatic heterocycles. The van der Waals surface area contributed by atoms with Crippen LogP contribution >= 0.6 is 11.6 Å². The number of nitro groups is 1. The average Bonchev–Trinajstić information content (AvgIpc) is 2.72. The Balaban J connectivity index is 1.68. The van der Waals surface area contributed by atoms with Gasteiger partial charge in [-0.25, -0.2) is 0 Å². The van der Waals surface area contributed by atoms with E-state index in [1.165, 1.54) is 18.2 Å². The molecule has 2 aliphatic heterocycles. The molecule has 14 heteroatoms. The summed E-state index contributed by atoms with van der Waals surface area (Å²) < 4.78 is 0. The van der Waals surface area contributed by atoms with Crippen LogP contribution in [0.2, 0.25) is 5.02 Å². The van der Waals surface area contributed by atoms with E-state index in [0.29, 0.717) is 43.8 Å². The summed E-state index contributed by atoms with van der Waals surface area (Å²) in [5.41, 5.74) is 25.0. The molecule has 9 N–H and O–H groups in total. The van der Waals surface area contributed by atoms with Gasteiger partial charge in [0.2, 0.25) is 17.8 Å². The number of rotatable bonds is 5. The van der Waals surface area contributed by atoms with Crippen LogP contribution in [-0.2, 0) is 0 Å². The lowest BCUT2D eigenvalue weighted by atomic mass is 10.0. The van der Waals surface area contributed by atoms with Gasteiger partial charge < -0.3 is 38.1 Å². The number of nitrogens with one attached hydrogen (secondary N) is 1. The summed E-state index contributed by atoms with van der Waals surface area (Å²) in [6, 6.07) is 3.89. The highest BCUT2D eigenvalue weighted by Gasteiger charge is 2.28. The first-order chi connectivity index (χ1) is 15.7. The molecule has 2 saturated heterocycles. The summed E-state index contributed by atoms with van der Waals surface area (Å²) in [4.78, 5) is 28.2. The van der Waals surface area contributed by atoms with Gasteiger partial charge in [0, 0.05) is 62.1 Å². The number of hydrogen-bond donors (Lipinski definition) is 5. The van der Waals surface area contributed by atoms with Crippen molar-refractivity contribution in [2.75, 3.05) is 41.3 Å². The van der Waals surface area contributed by atoms with E-state index in [-0.39, 0.29) is 40.8 Å². The first-order valence-corrected chi connectivity index (χ1v) is 11.0. The Bertz CT molecular complexity index is 961. The molecular weight excluding hydrogens is 450 g/mol. The summed E-state index contributed by atoms with van der Waals surface area (Å²) in [6.07, 6.45) is 1.44. The fourth-order valence-corrected chi connectivity index (χ4v) is 4.49. The minimum absolute atomic E-state index is 0.000424. The number of halogens is 1. The van der Waals surface area contributed by atoms with Gasteiger partial charge in [-0.05, 0) is 25.0 Å². The van der Waals surface area contributed by atoms with E-state index in [2.05, 4.69) is 20.3 Å². The lowest BCUT2D eigenvalue weighted by Gasteiger charge is -2.37. The van der Waals surface area contributed by atoms with E-state index in [0.717, 1.165) is 12.8 Å². The van der Waals surface area contributed by atoms with E-state index in [4.69, 9.17) is 34.5 Å². The third kappa shape index (κ3) is 5.57. The molecule has 0 spiro atoms. The van der Waals surface area contributed by atoms with Crippen molar-refractivity contribution in [3.8, 4) is 0 Å². The maximum absolute atomic E-state index is 11.1. The largest absolute Gasteiger partial charge is 0.338 e. The second-order valence-electron chi connectivity index (χ2n) is 8.63. The van der Waals surface area contributed by atoms with Crippen LogP contribution in [0.5, 0.6) is 0 Å². The van der Waals surface area contributed by atoms with Crippen molar-refractivity contribution in [1.29, 1.82) is 0 Å². The minimum Gasteiger partial charge on any atom is -0.338 e. The van der Waals surface area contributed by atoms with Gasteiger partial charge in [-0.15, -0.1) is 0 Å². The van der Waals surface area contributed by atoms with Gasteiger partial charge in [-0.3, -0.25) is 10.1 Å². The van der Waals surface area contributed by atoms with E-state index in [9.17, 15) is 10.1 Å². The summed E-state index contributed by atoms with van der Waals surface area (Å²) in [5.74, 6) is 1.10. The van der Waals surface area contributed by atoms with Crippen molar-refractivity contribution >= 4 is 40.8 Å². The van der Waals surface area contributed by atoms with Gasteiger partial charge in [0.05, 0.1) is 4.92 Å². The maximum Gasteiger partial charge on any atom is 0.288 e. The van der Waals surface area contributed by atoms with Crippen LogP contribution in [0.15, 0.2) is 18.2 Å². The number of nitro benzene ring substituents is 1. The predicted octanol–water partition coefficient (Wildman–Crippen LogP) is -0.0938. The molecule has 0 saturated carbocycles. The molecule has 4 atom stereocenters. The third-order valence-electron chi connectivity index (χ3n) is 5.61. The summed E-state index contributed by atoms with van der Waals surface area (Å²) in [5, 5.41) is 14.1. The van der Waals surface area contributed by atoms with Crippen LogP contribution < -0.4 is 38.1 Å². The Labute approximate surface area is 195 Å². The van der Waals surface area contributed by atoms with Crippen molar-refractivity contribution < 1.29 is 4.92 Å². The molecule has 2 aromatic rings. The molecule has 0 aliphatic carbocycles. The topological polar surface area (TPSA) is 204 Å². The standard InChI is InChI=1S/C19H28ClN11O2/c20-15-5-14(1-2-16(15)31(32)33)25-17-26-18(29-6-10(21)3-11(22)7-29)28-19(27-17)30-8-12(23)4-13(24)9-30/h1-2,5,10-13H,3-4,6-9,21-24H2,(H,25,26,27,28). The average molecular weight is 478 g/mol. The van der Waals surface area contributed by atoms with E-state index >= 15 is 0 Å². The Morgan fingerprint density at radius 3 is 1.82 bits per heavy atom. The molecule has 0 amide bonds. The van der Waals surface area contributed by atoms with Crippen LogP contribution in [0.3, 0.4) is 0 Å². The van der Waals surface area contributed by atoms with Crippen LogP contribution in [-0.4, -0.2) is 70.2 Å². The van der Waals surface area contributed by atoms with E-state index in [1.807, 2.05) is 9.80 Å². The SMILES string of the molecule is NC1CC(N)CN(c2nc(Nc3ccc([N+](=O)[O-])c(Cl)c3)nc(N3CC(N)CC(N)C3)n2)C1. The second-order valence-corrected chi connectivity index (χ2v) is 9.04. The Kier molecular flexibility index (Phi) is 6.76. The van der Waals surface area contributed by atoms with Gasteiger partial charge in [0.15, 0.2) is 0 Å². The molecule has 178 valence electrons. The van der Waals surface area contributed by atoms with Gasteiger partial charge >= 0.3 is 0 Å². The van der Waals surface area contributed by atoms with Crippen LogP contribution in [0.4, 0.5) is 29.2 Å². The lowest BCUT2D eigenvalue weighted by molar-refractivity contribution is -0.384. The normalized spacial score (nSPS) is 25.7. The maximum atomic E-state index is 11.1. The molecule has 2 fully saturated rings. The van der Waals surface area contributed by atoms with Crippen LogP contribution in [0, 0.1) is 10.1 Å². The first-order valence-electron chi connectivity index (χ1n) is 10.7. The van der Waals surface area contributed by atoms with Crippen molar-refractivity contribution in [2.24, 2.45) is 22.9 Å². The van der Waals surface area contributed by atoms with Crippen LogP contribution in [0.25, 0.3) is 0 Å². The highest BCUT2D eigenvalue weighted by molar-refractivity contribution is 6.32. The van der Waals surface area contributed by atoms with Gasteiger partial charge in [0.25, 0.3) is 5.69 Å². The van der Waals surface area contributed by atoms with Gasteiger partial charge in [-0.1, -0.05) is 11.6 Å². The molecule has 2 aliphatic rings.